The zero-order valence-electron chi connectivity index (χ0n) is 17.6. The zero-order valence-corrected chi connectivity index (χ0v) is 20.1. The molecule has 0 radical (unpaired) electrons. The second-order valence-corrected chi connectivity index (χ2v) is 9.58. The van der Waals surface area contributed by atoms with E-state index < -0.39 is 0 Å². The molecule has 2 amide bonds. The molecular formula is C22H18N4O4S3. The van der Waals surface area contributed by atoms with Gasteiger partial charge in [0, 0.05) is 0 Å². The number of methoxy groups -OCH3 is 1. The molecule has 2 aromatic carbocycles. The highest BCUT2D eigenvalue weighted by molar-refractivity contribution is 8.27. The van der Waals surface area contributed by atoms with Crippen LogP contribution in [0.25, 0.3) is 6.08 Å². The molecular weight excluding hydrogens is 480 g/mol. The Balaban J connectivity index is 1.45. The molecule has 1 aliphatic rings. The largest absolute Gasteiger partial charge is 0.493 e. The molecule has 2 heterocycles. The number of thiocarbonyl (C=S) groups is 1. The molecule has 4 rings (SSSR count). The maximum Gasteiger partial charge on any atom is 0.270 e. The molecule has 8 nitrogen and oxygen atoms in total. The van der Waals surface area contributed by atoms with Gasteiger partial charge in [-0.3, -0.25) is 19.8 Å². The molecule has 11 heteroatoms. The number of rotatable bonds is 7. The average Bonchev–Trinajstić information content (AvgIpc) is 3.34. The summed E-state index contributed by atoms with van der Waals surface area (Å²) < 4.78 is 11.5. The van der Waals surface area contributed by atoms with Crippen molar-refractivity contribution in [2.24, 2.45) is 0 Å². The maximum absolute atomic E-state index is 12.9. The summed E-state index contributed by atoms with van der Waals surface area (Å²) in [6.07, 6.45) is 1.75. The summed E-state index contributed by atoms with van der Waals surface area (Å²) in [5.41, 5.74) is 1.47. The number of benzene rings is 2. The van der Waals surface area contributed by atoms with Gasteiger partial charge in [-0.05, 0) is 42.8 Å². The summed E-state index contributed by atoms with van der Waals surface area (Å²) in [4.78, 5) is 27.0. The van der Waals surface area contributed by atoms with Gasteiger partial charge in [-0.15, -0.1) is 10.2 Å². The van der Waals surface area contributed by atoms with E-state index in [1.165, 1.54) is 35.1 Å². The van der Waals surface area contributed by atoms with Crippen LogP contribution in [0.3, 0.4) is 0 Å². The van der Waals surface area contributed by atoms with Gasteiger partial charge in [0.05, 0.1) is 17.7 Å². The molecule has 3 aromatic rings. The molecule has 1 saturated heterocycles. The predicted octanol–water partition coefficient (Wildman–Crippen LogP) is 4.28. The number of amides is 2. The van der Waals surface area contributed by atoms with Gasteiger partial charge in [-0.2, -0.15) is 0 Å². The van der Waals surface area contributed by atoms with Crippen molar-refractivity contribution in [3.63, 3.8) is 0 Å². The van der Waals surface area contributed by atoms with Crippen LogP contribution >= 0.6 is 35.3 Å². The quantitative estimate of drug-likeness (QED) is 0.381. The minimum atomic E-state index is -0.359. The van der Waals surface area contributed by atoms with Crippen LogP contribution in [0.5, 0.6) is 11.5 Å². The van der Waals surface area contributed by atoms with Gasteiger partial charge in [0.2, 0.25) is 5.13 Å². The fourth-order valence-corrected chi connectivity index (χ4v) is 4.86. The van der Waals surface area contributed by atoms with Crippen molar-refractivity contribution in [2.45, 2.75) is 6.92 Å². The Kier molecular flexibility index (Phi) is 7.02. The van der Waals surface area contributed by atoms with Crippen LogP contribution in [0.4, 0.5) is 10.8 Å². The maximum atomic E-state index is 12.9. The van der Waals surface area contributed by atoms with Crippen LogP contribution in [-0.4, -0.2) is 40.0 Å². The van der Waals surface area contributed by atoms with E-state index in [1.807, 2.05) is 30.3 Å². The topological polar surface area (TPSA) is 93.6 Å². The van der Waals surface area contributed by atoms with Crippen LogP contribution in [-0.2, 0) is 9.59 Å². The lowest BCUT2D eigenvalue weighted by molar-refractivity contribution is -0.118. The third kappa shape index (κ3) is 5.38. The lowest BCUT2D eigenvalue weighted by Gasteiger charge is -2.13. The van der Waals surface area contributed by atoms with E-state index in [9.17, 15) is 9.59 Å². The fraction of sp³-hybridized carbons (Fsp3) is 0.136. The molecule has 1 fully saturated rings. The van der Waals surface area contributed by atoms with Crippen molar-refractivity contribution in [2.75, 3.05) is 23.9 Å². The molecule has 0 bridgehead atoms. The highest BCUT2D eigenvalue weighted by Gasteiger charge is 2.33. The Bertz CT molecular complexity index is 1240. The first-order valence-corrected chi connectivity index (χ1v) is 11.7. The van der Waals surface area contributed by atoms with Crippen molar-refractivity contribution < 1.29 is 19.1 Å². The van der Waals surface area contributed by atoms with E-state index in [4.69, 9.17) is 21.7 Å². The van der Waals surface area contributed by atoms with E-state index in [0.29, 0.717) is 25.9 Å². The molecule has 1 aromatic heterocycles. The Morgan fingerprint density at radius 3 is 2.67 bits per heavy atom. The molecule has 0 unspecified atom stereocenters. The van der Waals surface area contributed by atoms with Gasteiger partial charge in [-0.25, -0.2) is 0 Å². The van der Waals surface area contributed by atoms with Crippen LogP contribution in [0, 0.1) is 6.92 Å². The number of carbonyl (C=O) groups is 2. The molecule has 0 aliphatic carbocycles. The normalized spacial score (nSPS) is 14.6. The van der Waals surface area contributed by atoms with Crippen molar-refractivity contribution >= 4 is 68.3 Å². The lowest BCUT2D eigenvalue weighted by Crippen LogP contribution is -2.27. The predicted molar refractivity (Wildman–Crippen MR) is 134 cm³/mol. The Hall–Kier alpha value is -3.28. The summed E-state index contributed by atoms with van der Waals surface area (Å²) in [7, 11) is 1.50. The third-order valence-corrected chi connectivity index (χ3v) is 6.48. The number of nitrogens with zero attached hydrogens (tertiary/aromatic N) is 3. The molecule has 33 heavy (non-hydrogen) atoms. The average molecular weight is 499 g/mol. The molecule has 168 valence electrons. The van der Waals surface area contributed by atoms with Crippen LogP contribution in [0.1, 0.15) is 10.6 Å². The highest BCUT2D eigenvalue weighted by Crippen LogP contribution is 2.37. The first-order valence-electron chi connectivity index (χ1n) is 9.68. The number of hydrogen-bond acceptors (Lipinski definition) is 9. The van der Waals surface area contributed by atoms with Gasteiger partial charge in [0.15, 0.2) is 22.4 Å². The van der Waals surface area contributed by atoms with E-state index in [-0.39, 0.29) is 18.4 Å². The summed E-state index contributed by atoms with van der Waals surface area (Å²) in [5, 5.41) is 11.5. The van der Waals surface area contributed by atoms with Crippen LogP contribution in [0.2, 0.25) is 0 Å². The SMILES string of the molecule is COc1cc(/C=C2\SC(=S)N(c3ccccc3)C2=O)ccc1OCC(=O)Nc1nnc(C)s1. The van der Waals surface area contributed by atoms with Crippen molar-refractivity contribution in [1.82, 2.24) is 10.2 Å². The van der Waals surface area contributed by atoms with E-state index >= 15 is 0 Å². The summed E-state index contributed by atoms with van der Waals surface area (Å²) in [5.74, 6) is 0.290. The Morgan fingerprint density at radius 2 is 1.97 bits per heavy atom. The molecule has 1 aliphatic heterocycles. The zero-order chi connectivity index (χ0) is 23.4. The van der Waals surface area contributed by atoms with Crippen LogP contribution < -0.4 is 19.7 Å². The van der Waals surface area contributed by atoms with Gasteiger partial charge in [0.1, 0.15) is 5.01 Å². The standard InChI is InChI=1S/C22H18N4O4S3/c1-13-24-25-21(32-13)23-19(27)12-30-16-9-8-14(10-17(16)29-2)11-18-20(28)26(22(31)33-18)15-6-4-3-5-7-15/h3-11H,12H2,1-2H3,(H,23,25,27)/b18-11-. The lowest BCUT2D eigenvalue weighted by atomic mass is 10.2. The van der Waals surface area contributed by atoms with E-state index in [2.05, 4.69) is 15.5 Å². The number of ether oxygens (including phenoxy) is 2. The minimum Gasteiger partial charge on any atom is -0.493 e. The molecule has 1 N–H and O–H groups in total. The number of aryl methyl sites for hydroxylation is 1. The number of anilines is 2. The van der Waals surface area contributed by atoms with E-state index in [1.54, 1.807) is 31.2 Å². The van der Waals surface area contributed by atoms with E-state index in [0.717, 1.165) is 16.3 Å². The monoisotopic (exact) mass is 498 g/mol. The first kappa shape index (κ1) is 22.9. The number of nitrogens with one attached hydrogen (secondary N) is 1. The Labute approximate surface area is 203 Å². The van der Waals surface area contributed by atoms with Crippen molar-refractivity contribution in [1.29, 1.82) is 0 Å². The highest BCUT2D eigenvalue weighted by atomic mass is 32.2. The number of hydrogen-bond donors (Lipinski definition) is 1. The number of carbonyl (C=O) groups excluding carboxylic acids is 2. The summed E-state index contributed by atoms with van der Waals surface area (Å²) >= 11 is 7.92. The third-order valence-electron chi connectivity index (χ3n) is 4.42. The number of para-hydroxylation sites is 1. The second-order valence-electron chi connectivity index (χ2n) is 6.73. The van der Waals surface area contributed by atoms with Gasteiger partial charge >= 0.3 is 0 Å². The van der Waals surface area contributed by atoms with Gasteiger partial charge < -0.3 is 9.47 Å². The summed E-state index contributed by atoms with van der Waals surface area (Å²) in [6, 6.07) is 14.5. The van der Waals surface area contributed by atoms with Crippen molar-refractivity contribution in [3.8, 4) is 11.5 Å². The van der Waals surface area contributed by atoms with Gasteiger partial charge in [-0.1, -0.05) is 59.6 Å². The first-order chi connectivity index (χ1) is 15.9. The summed E-state index contributed by atoms with van der Waals surface area (Å²) in [6.45, 7) is 1.58. The fourth-order valence-electron chi connectivity index (χ4n) is 2.96. The number of aromatic nitrogens is 2. The smallest absolute Gasteiger partial charge is 0.270 e. The van der Waals surface area contributed by atoms with Crippen LogP contribution in [0.15, 0.2) is 53.4 Å². The molecule has 0 atom stereocenters. The Morgan fingerprint density at radius 1 is 1.18 bits per heavy atom. The second kappa shape index (κ2) is 10.1. The van der Waals surface area contributed by atoms with Crippen molar-refractivity contribution in [3.05, 3.63) is 64.0 Å². The minimum absolute atomic E-state index is 0.181. The number of thioether (sulfide) groups is 1. The molecule has 0 spiro atoms. The molecule has 0 saturated carbocycles. The van der Waals surface area contributed by atoms with Gasteiger partial charge in [0.25, 0.3) is 11.8 Å².